The average molecular weight is 381 g/mol. The molecule has 0 aliphatic rings. The van der Waals surface area contributed by atoms with Crippen LogP contribution in [0.25, 0.3) is 11.3 Å². The molecule has 1 aromatic heterocycles. The zero-order chi connectivity index (χ0) is 15.6. The third-order valence-corrected chi connectivity index (χ3v) is 3.29. The summed E-state index contributed by atoms with van der Waals surface area (Å²) in [7, 11) is 1.55. The maximum atomic E-state index is 12.8. The van der Waals surface area contributed by atoms with E-state index in [9.17, 15) is 13.6 Å². The van der Waals surface area contributed by atoms with Crippen LogP contribution in [0.2, 0.25) is 0 Å². The number of ether oxygens (including phenoxy) is 1. The Kier molecular flexibility index (Phi) is 6.88. The first kappa shape index (κ1) is 19.0. The molecule has 0 saturated heterocycles. The predicted octanol–water partition coefficient (Wildman–Crippen LogP) is 3.20. The summed E-state index contributed by atoms with van der Waals surface area (Å²) in [4.78, 5) is 12.1. The van der Waals surface area contributed by atoms with Crippen molar-refractivity contribution in [1.82, 2.24) is 4.57 Å². The van der Waals surface area contributed by atoms with Gasteiger partial charge in [-0.05, 0) is 12.1 Å². The van der Waals surface area contributed by atoms with E-state index in [1.807, 2.05) is 6.92 Å². The largest absolute Gasteiger partial charge is 0.497 e. The van der Waals surface area contributed by atoms with Crippen LogP contribution in [0.4, 0.5) is 8.78 Å². The Labute approximate surface area is 153 Å². The van der Waals surface area contributed by atoms with Crippen molar-refractivity contribution in [2.75, 3.05) is 7.11 Å². The van der Waals surface area contributed by atoms with E-state index < -0.39 is 18.5 Å². The maximum Gasteiger partial charge on any atom is 0.256 e. The Hall–Kier alpha value is -1.07. The molecule has 6 heteroatoms. The number of aryl methyl sites for hydroxylation is 2. The summed E-state index contributed by atoms with van der Waals surface area (Å²) in [5, 5.41) is 0. The van der Waals surface area contributed by atoms with Crippen LogP contribution >= 0.6 is 0 Å². The molecule has 1 radical (unpaired) electrons. The van der Waals surface area contributed by atoms with Gasteiger partial charge in [-0.1, -0.05) is 36.2 Å². The number of hydrogen-bond donors (Lipinski definition) is 0. The quantitative estimate of drug-likeness (QED) is 0.762. The molecule has 0 atom stereocenters. The second kappa shape index (κ2) is 7.98. The van der Waals surface area contributed by atoms with E-state index in [-0.39, 0.29) is 32.7 Å². The fourth-order valence-electron chi connectivity index (χ4n) is 2.19. The minimum atomic E-state index is -2.60. The molecular weight excluding hydrogens is 365 g/mol. The number of nitrogens with zero attached hydrogens (tertiary/aromatic N) is 1. The summed E-state index contributed by atoms with van der Waals surface area (Å²) in [6.45, 7) is 2.78. The van der Waals surface area contributed by atoms with E-state index >= 15 is 0 Å². The van der Waals surface area contributed by atoms with Gasteiger partial charge in [0, 0.05) is 32.7 Å². The van der Waals surface area contributed by atoms with Crippen LogP contribution in [0.15, 0.2) is 29.1 Å². The number of alkyl halides is 2. The van der Waals surface area contributed by atoms with Crippen LogP contribution in [0.5, 0.6) is 5.75 Å². The summed E-state index contributed by atoms with van der Waals surface area (Å²) < 4.78 is 31.7. The first-order chi connectivity index (χ1) is 9.93. The molecule has 0 saturated carbocycles. The third kappa shape index (κ3) is 4.02. The van der Waals surface area contributed by atoms with E-state index in [0.717, 1.165) is 10.1 Å². The molecule has 0 unspecified atom stereocenters. The molecule has 0 N–H and O–H groups in total. The van der Waals surface area contributed by atoms with Gasteiger partial charge in [0.2, 0.25) is 0 Å². The minimum Gasteiger partial charge on any atom is -0.497 e. The number of methoxy groups -OCH3 is 1. The summed E-state index contributed by atoms with van der Waals surface area (Å²) in [5.74, 6) is 0.672. The normalized spacial score (nSPS) is 10.5. The Morgan fingerprint density at radius 3 is 2.50 bits per heavy atom. The van der Waals surface area contributed by atoms with Gasteiger partial charge >= 0.3 is 0 Å². The van der Waals surface area contributed by atoms with Gasteiger partial charge in [0.25, 0.3) is 6.43 Å². The number of rotatable bonds is 4. The number of hydrogen-bond acceptors (Lipinski definition) is 2. The SMILES string of the molecule is COc1ccc(-c2[c-]cc(C)c(=O)n2CC(F)F)c(C)c1.[Y]. The van der Waals surface area contributed by atoms with Gasteiger partial charge in [-0.25, -0.2) is 8.78 Å². The van der Waals surface area contributed by atoms with Gasteiger partial charge in [-0.3, -0.25) is 4.79 Å². The van der Waals surface area contributed by atoms with Crippen molar-refractivity contribution in [3.8, 4) is 17.0 Å². The molecule has 2 aromatic rings. The van der Waals surface area contributed by atoms with Crippen LogP contribution < -0.4 is 10.3 Å². The topological polar surface area (TPSA) is 31.2 Å². The van der Waals surface area contributed by atoms with Crippen molar-refractivity contribution < 1.29 is 46.2 Å². The third-order valence-electron chi connectivity index (χ3n) is 3.29. The van der Waals surface area contributed by atoms with Gasteiger partial charge in [-0.2, -0.15) is 12.1 Å². The summed E-state index contributed by atoms with van der Waals surface area (Å²) in [5.41, 5.74) is 1.86. The molecule has 0 spiro atoms. The second-order valence-electron chi connectivity index (χ2n) is 4.81. The maximum absolute atomic E-state index is 12.8. The van der Waals surface area contributed by atoms with E-state index in [0.29, 0.717) is 22.6 Å². The van der Waals surface area contributed by atoms with Gasteiger partial charge in [-0.15, -0.1) is 6.07 Å². The van der Waals surface area contributed by atoms with Crippen LogP contribution in [0.3, 0.4) is 0 Å². The number of benzene rings is 1. The van der Waals surface area contributed by atoms with Gasteiger partial charge in [0.05, 0.1) is 13.7 Å². The van der Waals surface area contributed by atoms with E-state index in [4.69, 9.17) is 4.74 Å². The minimum absolute atomic E-state index is 0. The van der Waals surface area contributed by atoms with Crippen molar-refractivity contribution in [3.63, 3.8) is 0 Å². The molecule has 115 valence electrons. The van der Waals surface area contributed by atoms with Crippen LogP contribution in [-0.2, 0) is 39.3 Å². The van der Waals surface area contributed by atoms with Gasteiger partial charge in [0.1, 0.15) is 5.75 Å². The zero-order valence-corrected chi connectivity index (χ0v) is 15.5. The average Bonchev–Trinajstić information content (AvgIpc) is 2.44. The molecule has 2 rings (SSSR count). The molecule has 1 aromatic carbocycles. The van der Waals surface area contributed by atoms with Crippen molar-refractivity contribution in [1.29, 1.82) is 0 Å². The van der Waals surface area contributed by atoms with Gasteiger partial charge < -0.3 is 9.30 Å². The molecule has 0 amide bonds. The molecule has 22 heavy (non-hydrogen) atoms. The molecule has 1 heterocycles. The predicted molar refractivity (Wildman–Crippen MR) is 77.0 cm³/mol. The van der Waals surface area contributed by atoms with Gasteiger partial charge in [0.15, 0.2) is 5.56 Å². The van der Waals surface area contributed by atoms with Crippen LogP contribution in [-0.4, -0.2) is 18.1 Å². The monoisotopic (exact) mass is 381 g/mol. The van der Waals surface area contributed by atoms with E-state index in [1.54, 1.807) is 32.2 Å². The fraction of sp³-hybridized carbons (Fsp3) is 0.312. The molecule has 0 bridgehead atoms. The number of pyridine rings is 1. The smallest absolute Gasteiger partial charge is 0.256 e. The Morgan fingerprint density at radius 2 is 1.95 bits per heavy atom. The molecular formula is C16H16F2NO2Y-. The van der Waals surface area contributed by atoms with Crippen molar-refractivity contribution in [3.05, 3.63) is 51.8 Å². The summed E-state index contributed by atoms with van der Waals surface area (Å²) in [6, 6.07) is 9.73. The molecule has 0 aliphatic heterocycles. The second-order valence-corrected chi connectivity index (χ2v) is 4.81. The Bertz CT molecular complexity index is 714. The van der Waals surface area contributed by atoms with Crippen molar-refractivity contribution in [2.45, 2.75) is 26.8 Å². The standard InChI is InChI=1S/C16H16F2NO2.Y/c1-10-4-7-14(19(16(10)20)9-15(17)18)13-6-5-12(21-3)8-11(13)2;/h4-6,8,15H,9H2,1-3H3;/q-1;. The van der Waals surface area contributed by atoms with E-state index in [2.05, 4.69) is 6.07 Å². The van der Waals surface area contributed by atoms with E-state index in [1.165, 1.54) is 6.07 Å². The first-order valence-corrected chi connectivity index (χ1v) is 6.49. The molecule has 0 aliphatic carbocycles. The van der Waals surface area contributed by atoms with Crippen LogP contribution in [0.1, 0.15) is 11.1 Å². The van der Waals surface area contributed by atoms with Crippen LogP contribution in [0, 0.1) is 19.9 Å². The summed E-state index contributed by atoms with van der Waals surface area (Å²) in [6.07, 6.45) is -2.60. The first-order valence-electron chi connectivity index (χ1n) is 6.49. The summed E-state index contributed by atoms with van der Waals surface area (Å²) >= 11 is 0. The number of halogens is 2. The zero-order valence-electron chi connectivity index (χ0n) is 12.7. The van der Waals surface area contributed by atoms with Crippen molar-refractivity contribution in [2.24, 2.45) is 0 Å². The Morgan fingerprint density at radius 1 is 1.27 bits per heavy atom. The van der Waals surface area contributed by atoms with Crippen molar-refractivity contribution >= 4 is 0 Å². The Balaban J connectivity index is 0.00000242. The fourth-order valence-corrected chi connectivity index (χ4v) is 2.19. The molecule has 0 fully saturated rings. The molecule has 3 nitrogen and oxygen atoms in total. The number of aromatic nitrogens is 1.